The van der Waals surface area contributed by atoms with Crippen molar-refractivity contribution in [3.05, 3.63) is 29.7 Å². The number of ether oxygens (including phenoxy) is 1. The van der Waals surface area contributed by atoms with Gasteiger partial charge in [0, 0.05) is 6.20 Å². The zero-order chi connectivity index (χ0) is 17.0. The van der Waals surface area contributed by atoms with E-state index in [1.165, 1.54) is 7.11 Å². The molecule has 0 saturated carbocycles. The maximum Gasteiger partial charge on any atom is 0.322 e. The van der Waals surface area contributed by atoms with Gasteiger partial charge in [-0.2, -0.15) is 0 Å². The standard InChI is InChI=1S/C14H16N4O5/c1-8-12(14(22)16-6-10(19)15-7-11(20)21)18-5-3-4-9(23-2)13(18)17-8/h3-5H,6-7H2,1-2H3,(H,15,19)(H,16,22)(H,20,21). The number of carboxylic acids is 1. The number of imidazole rings is 1. The first kappa shape index (κ1) is 16.3. The number of rotatable bonds is 6. The lowest BCUT2D eigenvalue weighted by Gasteiger charge is -2.07. The van der Waals surface area contributed by atoms with Crippen molar-refractivity contribution in [2.24, 2.45) is 0 Å². The highest BCUT2D eigenvalue weighted by atomic mass is 16.5. The van der Waals surface area contributed by atoms with Gasteiger partial charge in [0.25, 0.3) is 5.91 Å². The van der Waals surface area contributed by atoms with Crippen molar-refractivity contribution in [3.63, 3.8) is 0 Å². The molecule has 2 aromatic rings. The maximum absolute atomic E-state index is 12.3. The molecule has 0 aliphatic carbocycles. The third kappa shape index (κ3) is 3.57. The lowest BCUT2D eigenvalue weighted by atomic mass is 10.3. The zero-order valence-electron chi connectivity index (χ0n) is 12.6. The van der Waals surface area contributed by atoms with Crippen LogP contribution in [0.15, 0.2) is 18.3 Å². The Morgan fingerprint density at radius 2 is 2.04 bits per heavy atom. The molecule has 2 amide bonds. The summed E-state index contributed by atoms with van der Waals surface area (Å²) in [4.78, 5) is 38.4. The van der Waals surface area contributed by atoms with Crippen molar-refractivity contribution >= 4 is 23.4 Å². The largest absolute Gasteiger partial charge is 0.493 e. The summed E-state index contributed by atoms with van der Waals surface area (Å²) in [5.41, 5.74) is 1.26. The predicted molar refractivity (Wildman–Crippen MR) is 79.5 cm³/mol. The molecule has 2 heterocycles. The molecule has 3 N–H and O–H groups in total. The van der Waals surface area contributed by atoms with Crippen LogP contribution in [-0.2, 0) is 9.59 Å². The van der Waals surface area contributed by atoms with Gasteiger partial charge in [-0.1, -0.05) is 0 Å². The van der Waals surface area contributed by atoms with E-state index in [2.05, 4.69) is 15.6 Å². The van der Waals surface area contributed by atoms with Crippen LogP contribution in [0.5, 0.6) is 5.75 Å². The molecule has 0 radical (unpaired) electrons. The average Bonchev–Trinajstić information content (AvgIpc) is 2.86. The van der Waals surface area contributed by atoms with Crippen LogP contribution in [0.4, 0.5) is 0 Å². The monoisotopic (exact) mass is 320 g/mol. The first-order valence-corrected chi connectivity index (χ1v) is 6.72. The van der Waals surface area contributed by atoms with Crippen LogP contribution in [0.3, 0.4) is 0 Å². The lowest BCUT2D eigenvalue weighted by molar-refractivity contribution is -0.137. The summed E-state index contributed by atoms with van der Waals surface area (Å²) in [5, 5.41) is 13.1. The van der Waals surface area contributed by atoms with Crippen molar-refractivity contribution in [3.8, 4) is 5.75 Å². The second-order valence-electron chi connectivity index (χ2n) is 4.67. The number of nitrogens with zero attached hydrogens (tertiary/aromatic N) is 2. The van der Waals surface area contributed by atoms with E-state index in [-0.39, 0.29) is 12.2 Å². The number of fused-ring (bicyclic) bond motifs is 1. The Morgan fingerprint density at radius 3 is 2.70 bits per heavy atom. The van der Waals surface area contributed by atoms with Gasteiger partial charge in [-0.15, -0.1) is 0 Å². The second kappa shape index (κ2) is 6.77. The number of methoxy groups -OCH3 is 1. The van der Waals surface area contributed by atoms with Crippen LogP contribution < -0.4 is 15.4 Å². The number of aromatic nitrogens is 2. The van der Waals surface area contributed by atoms with E-state index >= 15 is 0 Å². The third-order valence-electron chi connectivity index (χ3n) is 3.07. The van der Waals surface area contributed by atoms with Crippen molar-refractivity contribution < 1.29 is 24.2 Å². The van der Waals surface area contributed by atoms with E-state index in [0.29, 0.717) is 17.1 Å². The number of carbonyl (C=O) groups is 3. The Hall–Kier alpha value is -3.10. The normalized spacial score (nSPS) is 10.3. The number of aliphatic carboxylic acids is 1. The highest BCUT2D eigenvalue weighted by molar-refractivity contribution is 5.97. The van der Waals surface area contributed by atoms with Crippen LogP contribution >= 0.6 is 0 Å². The number of pyridine rings is 1. The Morgan fingerprint density at radius 1 is 1.30 bits per heavy atom. The quantitative estimate of drug-likeness (QED) is 0.664. The minimum atomic E-state index is -1.16. The summed E-state index contributed by atoms with van der Waals surface area (Å²) in [6.45, 7) is 0.842. The first-order valence-electron chi connectivity index (χ1n) is 6.72. The number of aryl methyl sites for hydroxylation is 1. The van der Waals surface area contributed by atoms with Crippen LogP contribution in [0, 0.1) is 6.92 Å². The first-order chi connectivity index (χ1) is 10.9. The third-order valence-corrected chi connectivity index (χ3v) is 3.07. The van der Waals surface area contributed by atoms with Gasteiger partial charge in [0.2, 0.25) is 5.91 Å². The minimum absolute atomic E-state index is 0.282. The van der Waals surface area contributed by atoms with Gasteiger partial charge in [-0.25, -0.2) is 4.98 Å². The number of amides is 2. The van der Waals surface area contributed by atoms with Gasteiger partial charge in [0.05, 0.1) is 19.3 Å². The Kier molecular flexibility index (Phi) is 4.79. The smallest absolute Gasteiger partial charge is 0.322 e. The molecule has 23 heavy (non-hydrogen) atoms. The molecule has 9 nitrogen and oxygen atoms in total. The van der Waals surface area contributed by atoms with E-state index in [0.717, 1.165) is 0 Å². The SMILES string of the molecule is COc1cccn2c(C(=O)NCC(=O)NCC(=O)O)c(C)nc12. The van der Waals surface area contributed by atoms with Crippen LogP contribution in [0.25, 0.3) is 5.65 Å². The van der Waals surface area contributed by atoms with Gasteiger partial charge in [0.15, 0.2) is 11.4 Å². The van der Waals surface area contributed by atoms with Gasteiger partial charge in [0.1, 0.15) is 12.2 Å². The molecule has 0 atom stereocenters. The molecule has 0 saturated heterocycles. The second-order valence-corrected chi connectivity index (χ2v) is 4.67. The van der Waals surface area contributed by atoms with Crippen LogP contribution in [0.1, 0.15) is 16.2 Å². The highest BCUT2D eigenvalue weighted by Gasteiger charge is 2.19. The fourth-order valence-electron chi connectivity index (χ4n) is 2.07. The number of carboxylic acid groups (broad SMARTS) is 1. The summed E-state index contributed by atoms with van der Waals surface area (Å²) in [5.74, 6) is -1.72. The average molecular weight is 320 g/mol. The highest BCUT2D eigenvalue weighted by Crippen LogP contribution is 2.21. The van der Waals surface area contributed by atoms with Gasteiger partial charge in [-0.3, -0.25) is 18.8 Å². The number of carbonyl (C=O) groups excluding carboxylic acids is 2. The minimum Gasteiger partial charge on any atom is -0.493 e. The molecular formula is C14H16N4O5. The molecule has 0 aliphatic rings. The summed E-state index contributed by atoms with van der Waals surface area (Å²) in [6, 6.07) is 3.44. The number of hydrogen-bond donors (Lipinski definition) is 3. The Labute approximate surface area is 131 Å². The Bertz CT molecular complexity index is 768. The molecule has 0 spiro atoms. The molecule has 122 valence electrons. The fourth-order valence-corrected chi connectivity index (χ4v) is 2.07. The molecule has 2 aromatic heterocycles. The van der Waals surface area contributed by atoms with E-state index in [1.54, 1.807) is 29.7 Å². The van der Waals surface area contributed by atoms with Gasteiger partial charge >= 0.3 is 5.97 Å². The van der Waals surface area contributed by atoms with Gasteiger partial charge < -0.3 is 20.5 Å². The maximum atomic E-state index is 12.3. The zero-order valence-corrected chi connectivity index (χ0v) is 12.6. The van der Waals surface area contributed by atoms with Crippen molar-refractivity contribution in [1.29, 1.82) is 0 Å². The van der Waals surface area contributed by atoms with E-state index in [1.807, 2.05) is 0 Å². The predicted octanol–water partition coefficient (Wildman–Crippen LogP) is -0.418. The van der Waals surface area contributed by atoms with E-state index in [9.17, 15) is 14.4 Å². The van der Waals surface area contributed by atoms with E-state index < -0.39 is 24.3 Å². The molecule has 0 unspecified atom stereocenters. The molecular weight excluding hydrogens is 304 g/mol. The van der Waals surface area contributed by atoms with E-state index in [4.69, 9.17) is 9.84 Å². The van der Waals surface area contributed by atoms with Crippen molar-refractivity contribution in [2.75, 3.05) is 20.2 Å². The van der Waals surface area contributed by atoms with Gasteiger partial charge in [-0.05, 0) is 19.1 Å². The number of nitrogens with one attached hydrogen (secondary N) is 2. The lowest BCUT2D eigenvalue weighted by Crippen LogP contribution is -2.39. The molecule has 0 fully saturated rings. The Balaban J connectivity index is 2.14. The topological polar surface area (TPSA) is 122 Å². The van der Waals surface area contributed by atoms with Crippen LogP contribution in [-0.4, -0.2) is 52.5 Å². The number of hydrogen-bond acceptors (Lipinski definition) is 5. The summed E-state index contributed by atoms with van der Waals surface area (Å²) in [7, 11) is 1.51. The molecule has 0 aromatic carbocycles. The summed E-state index contributed by atoms with van der Waals surface area (Å²) >= 11 is 0. The van der Waals surface area contributed by atoms with Crippen molar-refractivity contribution in [2.45, 2.75) is 6.92 Å². The fraction of sp³-hybridized carbons (Fsp3) is 0.286. The van der Waals surface area contributed by atoms with Crippen molar-refractivity contribution in [1.82, 2.24) is 20.0 Å². The molecule has 0 aliphatic heterocycles. The molecule has 9 heteroatoms. The molecule has 2 rings (SSSR count). The summed E-state index contributed by atoms with van der Waals surface area (Å²) in [6.07, 6.45) is 1.66. The summed E-state index contributed by atoms with van der Waals surface area (Å²) < 4.78 is 6.76. The molecule has 0 bridgehead atoms. The van der Waals surface area contributed by atoms with Crippen LogP contribution in [0.2, 0.25) is 0 Å².